The van der Waals surface area contributed by atoms with Gasteiger partial charge in [-0.1, -0.05) is 90.5 Å². The third kappa shape index (κ3) is 4.91. The highest BCUT2D eigenvalue weighted by Gasteiger charge is 2.63. The molecule has 4 atom stereocenters. The van der Waals surface area contributed by atoms with E-state index in [1.807, 2.05) is 30.3 Å². The molecule has 4 unspecified atom stereocenters. The van der Waals surface area contributed by atoms with Crippen molar-refractivity contribution in [3.05, 3.63) is 141 Å². The van der Waals surface area contributed by atoms with E-state index < -0.39 is 40.8 Å². The van der Waals surface area contributed by atoms with Crippen molar-refractivity contribution >= 4 is 35.0 Å². The number of hydrogen-bond acceptors (Lipinski definition) is 6. The average molecular weight is 596 g/mol. The number of urea groups is 1. The van der Waals surface area contributed by atoms with Gasteiger partial charge in [0.2, 0.25) is 0 Å². The lowest BCUT2D eigenvalue weighted by molar-refractivity contribution is -0.385. The zero-order chi connectivity index (χ0) is 30.2. The molecule has 2 heterocycles. The van der Waals surface area contributed by atoms with E-state index in [4.69, 9.17) is 16.3 Å². The van der Waals surface area contributed by atoms with E-state index in [2.05, 4.69) is 0 Å². The third-order valence-corrected chi connectivity index (χ3v) is 8.43. The second-order valence-electron chi connectivity index (χ2n) is 10.5. The summed E-state index contributed by atoms with van der Waals surface area (Å²) < 4.78 is 5.21. The van der Waals surface area contributed by atoms with E-state index in [1.165, 1.54) is 29.0 Å². The molecule has 9 nitrogen and oxygen atoms in total. The number of carbonyl (C=O) groups excluding carboxylic acids is 3. The molecule has 0 bridgehead atoms. The molecular weight excluding hydrogens is 570 g/mol. The predicted molar refractivity (Wildman–Crippen MR) is 159 cm³/mol. The van der Waals surface area contributed by atoms with Gasteiger partial charge >= 0.3 is 11.7 Å². The molecule has 2 aliphatic rings. The average Bonchev–Trinajstić information content (AvgIpc) is 3.50. The summed E-state index contributed by atoms with van der Waals surface area (Å²) in [6, 6.07) is 26.5. The fourth-order valence-electron chi connectivity index (χ4n) is 6.30. The second kappa shape index (κ2) is 11.3. The predicted octanol–water partition coefficient (Wildman–Crippen LogP) is 6.43. The van der Waals surface area contributed by atoms with Crippen LogP contribution < -0.4 is 4.74 Å². The summed E-state index contributed by atoms with van der Waals surface area (Å²) in [5.74, 6) is -2.38. The Kier molecular flexibility index (Phi) is 7.41. The van der Waals surface area contributed by atoms with Gasteiger partial charge in [0, 0.05) is 22.6 Å². The number of benzene rings is 4. The van der Waals surface area contributed by atoms with Crippen LogP contribution in [0.4, 0.5) is 10.5 Å². The zero-order valence-electron chi connectivity index (χ0n) is 23.0. The molecule has 0 spiro atoms. The highest BCUT2D eigenvalue weighted by Crippen LogP contribution is 2.55. The fourth-order valence-corrected chi connectivity index (χ4v) is 6.43. The lowest BCUT2D eigenvalue weighted by atomic mass is 9.75. The fraction of sp³-hybridized carbons (Fsp3) is 0.182. The van der Waals surface area contributed by atoms with Gasteiger partial charge in [0.05, 0.1) is 30.5 Å². The molecule has 0 aromatic heterocycles. The number of nitro benzene ring substituents is 1. The third-order valence-electron chi connectivity index (χ3n) is 8.18. The first-order valence-electron chi connectivity index (χ1n) is 13.6. The van der Waals surface area contributed by atoms with Crippen molar-refractivity contribution < 1.29 is 24.0 Å². The van der Waals surface area contributed by atoms with E-state index in [1.54, 1.807) is 60.7 Å². The van der Waals surface area contributed by atoms with Crippen LogP contribution in [0.1, 0.15) is 39.0 Å². The maximum atomic E-state index is 14.4. The summed E-state index contributed by atoms with van der Waals surface area (Å²) in [5.41, 5.74) is 1.87. The summed E-state index contributed by atoms with van der Waals surface area (Å²) in [7, 11) is 1.33. The first kappa shape index (κ1) is 28.1. The highest BCUT2D eigenvalue weighted by molar-refractivity contribution is 6.30. The molecule has 3 amide bonds. The van der Waals surface area contributed by atoms with Crippen molar-refractivity contribution in [3.63, 3.8) is 0 Å². The Morgan fingerprint density at radius 3 is 2.14 bits per heavy atom. The van der Waals surface area contributed by atoms with Crippen LogP contribution in [0.25, 0.3) is 0 Å². The number of Topliss-reactive ketones (excluding diaryl/α,β-unsaturated/α-hetero) is 1. The number of hydrogen-bond donors (Lipinski definition) is 0. The Balaban J connectivity index is 1.56. The number of ketones is 1. The summed E-state index contributed by atoms with van der Waals surface area (Å²) in [6.07, 6.45) is 0. The number of ether oxygens (including phenoxy) is 1. The quantitative estimate of drug-likeness (QED) is 0.100. The van der Waals surface area contributed by atoms with Crippen LogP contribution in [0.5, 0.6) is 5.75 Å². The van der Waals surface area contributed by atoms with E-state index >= 15 is 0 Å². The maximum Gasteiger partial charge on any atom is 0.328 e. The van der Waals surface area contributed by atoms with Gasteiger partial charge in [-0.05, 0) is 34.9 Å². The molecule has 2 fully saturated rings. The molecule has 216 valence electrons. The maximum absolute atomic E-state index is 14.4. The van der Waals surface area contributed by atoms with Gasteiger partial charge in [0.25, 0.3) is 5.91 Å². The van der Waals surface area contributed by atoms with Crippen LogP contribution in [0.3, 0.4) is 0 Å². The Hall–Kier alpha value is -5.02. The number of nitrogens with zero attached hydrogens (tertiary/aromatic N) is 3. The number of halogens is 1. The molecule has 2 aliphatic heterocycles. The number of fused-ring (bicyclic) bond motifs is 1. The Labute approximate surface area is 252 Å². The Morgan fingerprint density at radius 2 is 1.51 bits per heavy atom. The first-order valence-corrected chi connectivity index (χ1v) is 14.0. The lowest BCUT2D eigenvalue weighted by Crippen LogP contribution is -2.37. The van der Waals surface area contributed by atoms with Gasteiger partial charge in [-0.25, -0.2) is 4.79 Å². The van der Waals surface area contributed by atoms with Crippen molar-refractivity contribution in [1.82, 2.24) is 9.80 Å². The van der Waals surface area contributed by atoms with Crippen molar-refractivity contribution in [2.45, 2.75) is 24.5 Å². The van der Waals surface area contributed by atoms with Crippen molar-refractivity contribution in [2.24, 2.45) is 5.92 Å². The summed E-state index contributed by atoms with van der Waals surface area (Å²) in [6.45, 7) is 0.0472. The van der Waals surface area contributed by atoms with Gasteiger partial charge in [-0.3, -0.25) is 24.6 Å². The summed E-state index contributed by atoms with van der Waals surface area (Å²) in [5, 5.41) is 12.5. The molecule has 0 radical (unpaired) electrons. The minimum atomic E-state index is -1.03. The number of imide groups is 1. The van der Waals surface area contributed by atoms with Crippen LogP contribution in [0, 0.1) is 16.0 Å². The molecule has 0 N–H and O–H groups in total. The van der Waals surface area contributed by atoms with E-state index in [9.17, 15) is 24.5 Å². The van der Waals surface area contributed by atoms with Gasteiger partial charge in [-0.15, -0.1) is 0 Å². The summed E-state index contributed by atoms with van der Waals surface area (Å²) >= 11 is 6.21. The van der Waals surface area contributed by atoms with Crippen LogP contribution in [0.15, 0.2) is 103 Å². The highest BCUT2D eigenvalue weighted by atomic mass is 35.5. The van der Waals surface area contributed by atoms with E-state index in [0.29, 0.717) is 21.7 Å². The number of rotatable bonds is 8. The van der Waals surface area contributed by atoms with Gasteiger partial charge < -0.3 is 9.64 Å². The largest absolute Gasteiger partial charge is 0.490 e. The molecule has 4 aromatic rings. The molecule has 4 aromatic carbocycles. The minimum absolute atomic E-state index is 0.0398. The summed E-state index contributed by atoms with van der Waals surface area (Å²) in [4.78, 5) is 56.9. The molecule has 43 heavy (non-hydrogen) atoms. The zero-order valence-corrected chi connectivity index (χ0v) is 23.8. The molecule has 2 saturated heterocycles. The normalized spacial score (nSPS) is 21.2. The lowest BCUT2D eigenvalue weighted by Gasteiger charge is -2.29. The van der Waals surface area contributed by atoms with Crippen molar-refractivity contribution in [2.75, 3.05) is 7.11 Å². The van der Waals surface area contributed by atoms with Crippen LogP contribution in [-0.2, 0) is 11.3 Å². The first-order chi connectivity index (χ1) is 20.8. The smallest absolute Gasteiger partial charge is 0.328 e. The number of nitro groups is 1. The minimum Gasteiger partial charge on any atom is -0.490 e. The molecule has 10 heteroatoms. The Morgan fingerprint density at radius 1 is 0.884 bits per heavy atom. The molecule has 0 aliphatic carbocycles. The number of amides is 3. The number of carbonyl (C=O) groups is 3. The van der Waals surface area contributed by atoms with Crippen molar-refractivity contribution in [1.29, 1.82) is 0 Å². The van der Waals surface area contributed by atoms with Gasteiger partial charge in [0.1, 0.15) is 6.04 Å². The van der Waals surface area contributed by atoms with Gasteiger partial charge in [-0.2, -0.15) is 0 Å². The molecule has 0 saturated carbocycles. The van der Waals surface area contributed by atoms with E-state index in [-0.39, 0.29) is 23.8 Å². The Bertz CT molecular complexity index is 1710. The van der Waals surface area contributed by atoms with E-state index in [0.717, 1.165) is 5.56 Å². The molecular formula is C33H26ClN3O6. The second-order valence-corrected chi connectivity index (χ2v) is 10.9. The monoisotopic (exact) mass is 595 g/mol. The van der Waals surface area contributed by atoms with Crippen LogP contribution in [-0.4, -0.2) is 45.6 Å². The van der Waals surface area contributed by atoms with Gasteiger partial charge in [0.15, 0.2) is 11.5 Å². The standard InChI is InChI=1S/C33H26ClN3O6/c1-43-26-17-14-23(18-25(26)37(41)42)29-28(31(38)22-10-6-3-7-11-22)27(21-12-15-24(34)16-13-21)30-32(39)35(33(40)36(29)30)19-20-8-4-2-5-9-20/h2-18,27-30H,19H2,1H3. The van der Waals surface area contributed by atoms with Crippen LogP contribution in [0.2, 0.25) is 5.02 Å². The SMILES string of the molecule is COc1ccc(C2C(C(=O)c3ccccc3)C(c3ccc(Cl)cc3)C3C(=O)N(Cc4ccccc4)C(=O)N32)cc1[N+](=O)[O-]. The topological polar surface area (TPSA) is 110 Å². The van der Waals surface area contributed by atoms with Crippen molar-refractivity contribution in [3.8, 4) is 5.75 Å². The molecule has 6 rings (SSSR count). The van der Waals surface area contributed by atoms with Crippen LogP contribution >= 0.6 is 11.6 Å². The number of methoxy groups -OCH3 is 1.